The van der Waals surface area contributed by atoms with E-state index in [4.69, 9.17) is 9.47 Å². The molecule has 112 valence electrons. The Bertz CT molecular complexity index is 307. The molecule has 0 aromatic heterocycles. The van der Waals surface area contributed by atoms with Crippen molar-refractivity contribution in [3.8, 4) is 0 Å². The Morgan fingerprint density at radius 2 is 1.84 bits per heavy atom. The third-order valence-corrected chi connectivity index (χ3v) is 4.99. The molecule has 0 aromatic rings. The number of aliphatic hydroxyl groups is 1. The average Bonchev–Trinajstić information content (AvgIpc) is 2.78. The molecule has 19 heavy (non-hydrogen) atoms. The van der Waals surface area contributed by atoms with Crippen LogP contribution in [0.1, 0.15) is 47.0 Å². The van der Waals surface area contributed by atoms with Gasteiger partial charge in [0.25, 0.3) is 0 Å². The largest absolute Gasteiger partial charge is 0.391 e. The lowest BCUT2D eigenvalue weighted by Crippen LogP contribution is -2.56. The Labute approximate surface area is 117 Å². The molecule has 1 aliphatic heterocycles. The average molecular weight is 271 g/mol. The Hall–Kier alpha value is -0.160. The molecule has 1 spiro atoms. The highest BCUT2D eigenvalue weighted by atomic mass is 16.7. The summed E-state index contributed by atoms with van der Waals surface area (Å²) in [6, 6.07) is 0.504. The van der Waals surface area contributed by atoms with Crippen LogP contribution in [0.4, 0.5) is 0 Å². The van der Waals surface area contributed by atoms with Crippen molar-refractivity contribution >= 4 is 0 Å². The summed E-state index contributed by atoms with van der Waals surface area (Å²) < 4.78 is 11.6. The molecule has 2 fully saturated rings. The van der Waals surface area contributed by atoms with Crippen LogP contribution in [0.25, 0.3) is 0 Å². The summed E-state index contributed by atoms with van der Waals surface area (Å²) >= 11 is 0. The SMILES string of the molecule is CC(N(C)C1CC2(CCC1O)OCCO2)C(C)(C)C. The predicted octanol–water partition coefficient (Wildman–Crippen LogP) is 2.01. The number of aliphatic hydroxyl groups excluding tert-OH is 1. The van der Waals surface area contributed by atoms with E-state index < -0.39 is 5.79 Å². The maximum absolute atomic E-state index is 10.3. The van der Waals surface area contributed by atoms with Crippen molar-refractivity contribution in [1.82, 2.24) is 4.90 Å². The van der Waals surface area contributed by atoms with Crippen molar-refractivity contribution in [2.75, 3.05) is 20.3 Å². The van der Waals surface area contributed by atoms with Crippen LogP contribution in [-0.2, 0) is 9.47 Å². The van der Waals surface area contributed by atoms with Gasteiger partial charge in [0, 0.05) is 24.9 Å². The summed E-state index contributed by atoms with van der Waals surface area (Å²) in [6.45, 7) is 10.3. The van der Waals surface area contributed by atoms with Crippen molar-refractivity contribution in [2.45, 2.75) is 70.9 Å². The summed E-state index contributed by atoms with van der Waals surface area (Å²) in [5, 5.41) is 10.3. The van der Waals surface area contributed by atoms with Gasteiger partial charge in [0.15, 0.2) is 5.79 Å². The molecule has 3 unspecified atom stereocenters. The highest BCUT2D eigenvalue weighted by Crippen LogP contribution is 2.39. The van der Waals surface area contributed by atoms with Crippen LogP contribution in [0, 0.1) is 5.41 Å². The smallest absolute Gasteiger partial charge is 0.170 e. The maximum Gasteiger partial charge on any atom is 0.170 e. The van der Waals surface area contributed by atoms with E-state index in [0.717, 1.165) is 19.3 Å². The number of likely N-dealkylation sites (N-methyl/N-ethyl adjacent to an activating group) is 1. The molecule has 2 aliphatic rings. The van der Waals surface area contributed by atoms with E-state index >= 15 is 0 Å². The summed E-state index contributed by atoms with van der Waals surface area (Å²) in [7, 11) is 2.11. The van der Waals surface area contributed by atoms with Crippen molar-refractivity contribution in [3.05, 3.63) is 0 Å². The second kappa shape index (κ2) is 5.32. The third kappa shape index (κ3) is 3.13. The Morgan fingerprint density at radius 3 is 2.37 bits per heavy atom. The van der Waals surface area contributed by atoms with E-state index in [-0.39, 0.29) is 17.6 Å². The second-order valence-electron chi connectivity index (χ2n) is 7.19. The monoisotopic (exact) mass is 271 g/mol. The van der Waals surface area contributed by atoms with Crippen LogP contribution < -0.4 is 0 Å². The Kier molecular flexibility index (Phi) is 4.26. The first-order chi connectivity index (χ1) is 8.75. The van der Waals surface area contributed by atoms with Crippen molar-refractivity contribution in [3.63, 3.8) is 0 Å². The summed E-state index contributed by atoms with van der Waals surface area (Å²) in [5.74, 6) is -0.435. The molecule has 0 aromatic carbocycles. The standard InChI is InChI=1S/C15H29NO3/c1-11(14(2,3)4)16(5)12-10-15(7-6-13(12)17)18-8-9-19-15/h11-13,17H,6-10H2,1-5H3. The van der Waals surface area contributed by atoms with Crippen molar-refractivity contribution in [1.29, 1.82) is 0 Å². The van der Waals surface area contributed by atoms with Gasteiger partial charge >= 0.3 is 0 Å². The molecule has 1 N–H and O–H groups in total. The zero-order valence-electron chi connectivity index (χ0n) is 13.0. The molecule has 1 aliphatic carbocycles. The third-order valence-electron chi connectivity index (χ3n) is 4.99. The molecule has 1 saturated heterocycles. The zero-order chi connectivity index (χ0) is 14.3. The van der Waals surface area contributed by atoms with E-state index in [1.807, 2.05) is 0 Å². The predicted molar refractivity (Wildman–Crippen MR) is 75.0 cm³/mol. The lowest BCUT2D eigenvalue weighted by atomic mass is 9.82. The minimum absolute atomic E-state index is 0.112. The van der Waals surface area contributed by atoms with Crippen molar-refractivity contribution < 1.29 is 14.6 Å². The molecular formula is C15H29NO3. The molecule has 3 atom stereocenters. The van der Waals surface area contributed by atoms with Gasteiger partial charge in [0.1, 0.15) is 0 Å². The zero-order valence-corrected chi connectivity index (χ0v) is 13.0. The van der Waals surface area contributed by atoms with E-state index in [2.05, 4.69) is 39.6 Å². The van der Waals surface area contributed by atoms with Gasteiger partial charge in [-0.2, -0.15) is 0 Å². The minimum Gasteiger partial charge on any atom is -0.391 e. The van der Waals surface area contributed by atoms with Gasteiger partial charge in [-0.1, -0.05) is 20.8 Å². The molecular weight excluding hydrogens is 242 g/mol. The van der Waals surface area contributed by atoms with E-state index in [0.29, 0.717) is 19.3 Å². The topological polar surface area (TPSA) is 41.9 Å². The summed E-state index contributed by atoms with van der Waals surface area (Å²) in [6.07, 6.45) is 2.05. The van der Waals surface area contributed by atoms with Gasteiger partial charge in [-0.15, -0.1) is 0 Å². The molecule has 0 bridgehead atoms. The van der Waals surface area contributed by atoms with Gasteiger partial charge in [0.05, 0.1) is 19.3 Å². The summed E-state index contributed by atoms with van der Waals surface area (Å²) in [5.41, 5.74) is 0.191. The van der Waals surface area contributed by atoms with Crippen LogP contribution in [0.5, 0.6) is 0 Å². The number of hydrogen-bond acceptors (Lipinski definition) is 4. The fourth-order valence-electron chi connectivity index (χ4n) is 3.19. The molecule has 2 rings (SSSR count). The fraction of sp³-hybridized carbons (Fsp3) is 1.00. The molecule has 4 heteroatoms. The Balaban J connectivity index is 2.08. The van der Waals surface area contributed by atoms with Crippen LogP contribution in [0.15, 0.2) is 0 Å². The maximum atomic E-state index is 10.3. The normalized spacial score (nSPS) is 33.0. The van der Waals surface area contributed by atoms with Crippen LogP contribution in [0.3, 0.4) is 0 Å². The van der Waals surface area contributed by atoms with Gasteiger partial charge in [-0.05, 0) is 25.8 Å². The minimum atomic E-state index is -0.435. The molecule has 0 radical (unpaired) electrons. The van der Waals surface area contributed by atoms with Crippen LogP contribution in [-0.4, -0.2) is 54.2 Å². The lowest BCUT2D eigenvalue weighted by molar-refractivity contribution is -0.207. The van der Waals surface area contributed by atoms with Gasteiger partial charge < -0.3 is 14.6 Å². The lowest BCUT2D eigenvalue weighted by Gasteiger charge is -2.47. The van der Waals surface area contributed by atoms with Crippen LogP contribution >= 0.6 is 0 Å². The number of nitrogens with zero attached hydrogens (tertiary/aromatic N) is 1. The number of rotatable bonds is 2. The summed E-state index contributed by atoms with van der Waals surface area (Å²) in [4.78, 5) is 2.30. The van der Waals surface area contributed by atoms with Gasteiger partial charge in [0.2, 0.25) is 0 Å². The number of ether oxygens (including phenoxy) is 2. The van der Waals surface area contributed by atoms with E-state index in [1.165, 1.54) is 0 Å². The van der Waals surface area contributed by atoms with Gasteiger partial charge in [-0.25, -0.2) is 0 Å². The number of hydrogen-bond donors (Lipinski definition) is 1. The van der Waals surface area contributed by atoms with Crippen LogP contribution in [0.2, 0.25) is 0 Å². The molecule has 1 saturated carbocycles. The highest BCUT2D eigenvalue weighted by molar-refractivity contribution is 4.95. The molecule has 0 amide bonds. The Morgan fingerprint density at radius 1 is 1.26 bits per heavy atom. The van der Waals surface area contributed by atoms with E-state index in [9.17, 15) is 5.11 Å². The first-order valence-corrected chi connectivity index (χ1v) is 7.43. The van der Waals surface area contributed by atoms with Crippen molar-refractivity contribution in [2.24, 2.45) is 5.41 Å². The van der Waals surface area contributed by atoms with Gasteiger partial charge in [-0.3, -0.25) is 4.90 Å². The first kappa shape index (κ1) is 15.2. The first-order valence-electron chi connectivity index (χ1n) is 7.43. The molecule has 1 heterocycles. The molecule has 4 nitrogen and oxygen atoms in total. The van der Waals surface area contributed by atoms with E-state index in [1.54, 1.807) is 0 Å². The fourth-order valence-corrected chi connectivity index (χ4v) is 3.19. The quantitative estimate of drug-likeness (QED) is 0.834. The second-order valence-corrected chi connectivity index (χ2v) is 7.19. The highest BCUT2D eigenvalue weighted by Gasteiger charge is 2.47.